The Morgan fingerprint density at radius 3 is 2.57 bits per heavy atom. The van der Waals surface area contributed by atoms with Gasteiger partial charge in [-0.05, 0) is 45.0 Å². The molecule has 164 valence electrons. The number of hydrogen-bond acceptors (Lipinski definition) is 6. The average molecular weight is 474 g/mol. The number of sulfone groups is 1. The van der Waals surface area contributed by atoms with Crippen LogP contribution in [0, 0.1) is 0 Å². The fourth-order valence-electron chi connectivity index (χ4n) is 3.22. The number of amidine groups is 1. The van der Waals surface area contributed by atoms with E-state index in [4.69, 9.17) is 16.3 Å². The molecule has 8 nitrogen and oxygen atoms in total. The molecule has 2 amide bonds. The Morgan fingerprint density at radius 2 is 1.93 bits per heavy atom. The van der Waals surface area contributed by atoms with Crippen LogP contribution < -0.4 is 10.2 Å². The van der Waals surface area contributed by atoms with Crippen molar-refractivity contribution in [3.8, 4) is 0 Å². The lowest BCUT2D eigenvalue weighted by Crippen LogP contribution is -2.37. The van der Waals surface area contributed by atoms with Crippen LogP contribution in [-0.4, -0.2) is 60.5 Å². The van der Waals surface area contributed by atoms with E-state index >= 15 is 0 Å². The number of ether oxygens (including phenoxy) is 1. The summed E-state index contributed by atoms with van der Waals surface area (Å²) < 4.78 is 29.3. The summed E-state index contributed by atoms with van der Waals surface area (Å²) in [5.74, 6) is -0.337. The van der Waals surface area contributed by atoms with E-state index in [0.717, 1.165) is 5.69 Å². The van der Waals surface area contributed by atoms with Crippen LogP contribution in [0.5, 0.6) is 0 Å². The molecule has 0 bridgehead atoms. The second-order valence-corrected chi connectivity index (χ2v) is 11.9. The molecule has 3 rings (SSSR count). The van der Waals surface area contributed by atoms with E-state index in [-0.39, 0.29) is 35.8 Å². The number of benzene rings is 1. The fourth-order valence-corrected chi connectivity index (χ4v) is 7.27. The van der Waals surface area contributed by atoms with E-state index in [0.29, 0.717) is 10.2 Å². The fraction of sp³-hybridized carbons (Fsp3) is 0.526. The molecule has 0 saturated carbocycles. The number of nitrogens with zero attached hydrogens (tertiary/aromatic N) is 2. The lowest BCUT2D eigenvalue weighted by molar-refractivity contribution is -0.117. The smallest absolute Gasteiger partial charge is 0.407 e. The average Bonchev–Trinajstić information content (AvgIpc) is 3.05. The summed E-state index contributed by atoms with van der Waals surface area (Å²) in [6, 6.07) is 6.69. The normalized spacial score (nSPS) is 24.0. The van der Waals surface area contributed by atoms with Crippen molar-refractivity contribution < 1.29 is 22.7 Å². The second kappa shape index (κ2) is 8.76. The maximum Gasteiger partial charge on any atom is 0.407 e. The molecule has 2 aliphatic rings. The van der Waals surface area contributed by atoms with E-state index < -0.39 is 27.4 Å². The molecule has 2 heterocycles. The zero-order valence-electron chi connectivity index (χ0n) is 16.9. The minimum atomic E-state index is -3.14. The van der Waals surface area contributed by atoms with E-state index in [2.05, 4.69) is 10.3 Å². The SMILES string of the molecule is CC(C)(C)OC(=O)NCCC(=O)N=C1S[C@@H]2CS(=O)(=O)C[C@H]2N1c1ccc(Cl)cc1. The van der Waals surface area contributed by atoms with Gasteiger partial charge >= 0.3 is 6.09 Å². The minimum absolute atomic E-state index is 0.00535. The number of anilines is 1. The minimum Gasteiger partial charge on any atom is -0.444 e. The highest BCUT2D eigenvalue weighted by Crippen LogP contribution is 2.41. The van der Waals surface area contributed by atoms with Gasteiger partial charge in [0.25, 0.3) is 0 Å². The first-order chi connectivity index (χ1) is 13.9. The van der Waals surface area contributed by atoms with Gasteiger partial charge in [-0.1, -0.05) is 23.4 Å². The molecule has 1 aromatic carbocycles. The topological polar surface area (TPSA) is 105 Å². The number of carbonyl (C=O) groups is 2. The van der Waals surface area contributed by atoms with Crippen LogP contribution in [-0.2, 0) is 19.4 Å². The predicted molar refractivity (Wildman–Crippen MR) is 119 cm³/mol. The van der Waals surface area contributed by atoms with Gasteiger partial charge in [-0.25, -0.2) is 13.2 Å². The Labute approximate surface area is 185 Å². The third-order valence-electron chi connectivity index (χ3n) is 4.40. The van der Waals surface area contributed by atoms with Crippen molar-refractivity contribution in [1.82, 2.24) is 5.32 Å². The van der Waals surface area contributed by atoms with Crippen molar-refractivity contribution >= 4 is 56.1 Å². The molecule has 1 N–H and O–H groups in total. The summed E-state index contributed by atoms with van der Waals surface area (Å²) in [4.78, 5) is 30.1. The van der Waals surface area contributed by atoms with Crippen LogP contribution in [0.1, 0.15) is 27.2 Å². The van der Waals surface area contributed by atoms with Gasteiger partial charge in [0.1, 0.15) is 5.60 Å². The number of amides is 2. The predicted octanol–water partition coefficient (Wildman–Crippen LogP) is 2.86. The lowest BCUT2D eigenvalue weighted by Gasteiger charge is -2.24. The van der Waals surface area contributed by atoms with E-state index in [1.165, 1.54) is 11.8 Å². The number of alkyl carbamates (subject to hydrolysis) is 1. The van der Waals surface area contributed by atoms with Crippen LogP contribution in [0.25, 0.3) is 0 Å². The van der Waals surface area contributed by atoms with Gasteiger partial charge in [0.05, 0.1) is 17.5 Å². The zero-order chi connectivity index (χ0) is 22.1. The number of aliphatic imine (C=N–C) groups is 1. The van der Waals surface area contributed by atoms with Crippen molar-refractivity contribution in [2.75, 3.05) is 23.0 Å². The van der Waals surface area contributed by atoms with Gasteiger partial charge < -0.3 is 15.0 Å². The second-order valence-electron chi connectivity index (χ2n) is 8.11. The third kappa shape index (κ3) is 5.89. The van der Waals surface area contributed by atoms with Gasteiger partial charge in [0.2, 0.25) is 5.91 Å². The number of rotatable bonds is 4. The van der Waals surface area contributed by atoms with E-state index in [9.17, 15) is 18.0 Å². The Morgan fingerprint density at radius 1 is 1.27 bits per heavy atom. The van der Waals surface area contributed by atoms with Crippen molar-refractivity contribution in [1.29, 1.82) is 0 Å². The van der Waals surface area contributed by atoms with Crippen molar-refractivity contribution in [3.05, 3.63) is 29.3 Å². The molecule has 2 aliphatic heterocycles. The monoisotopic (exact) mass is 473 g/mol. The first-order valence-corrected chi connectivity index (χ1v) is 12.5. The van der Waals surface area contributed by atoms with E-state index in [1.807, 2.05) is 0 Å². The van der Waals surface area contributed by atoms with Crippen LogP contribution in [0.2, 0.25) is 5.02 Å². The van der Waals surface area contributed by atoms with Crippen molar-refractivity contribution in [2.45, 2.75) is 44.1 Å². The van der Waals surface area contributed by atoms with E-state index in [1.54, 1.807) is 49.9 Å². The van der Waals surface area contributed by atoms with Crippen molar-refractivity contribution in [2.24, 2.45) is 4.99 Å². The summed E-state index contributed by atoms with van der Waals surface area (Å²) in [7, 11) is -3.14. The maximum atomic E-state index is 12.4. The molecule has 0 unspecified atom stereocenters. The van der Waals surface area contributed by atoms with Crippen LogP contribution in [0.3, 0.4) is 0 Å². The quantitative estimate of drug-likeness (QED) is 0.716. The highest BCUT2D eigenvalue weighted by molar-refractivity contribution is 8.16. The summed E-state index contributed by atoms with van der Waals surface area (Å²) in [6.07, 6.45) is -0.591. The number of carbonyl (C=O) groups excluding carboxylic acids is 2. The Balaban J connectivity index is 1.70. The number of hydrogen-bond donors (Lipinski definition) is 1. The molecule has 0 spiro atoms. The molecule has 30 heavy (non-hydrogen) atoms. The van der Waals surface area contributed by atoms with Crippen molar-refractivity contribution in [3.63, 3.8) is 0 Å². The molecule has 2 atom stereocenters. The summed E-state index contributed by atoms with van der Waals surface area (Å²) in [5, 5.41) is 3.37. The molecule has 0 aliphatic carbocycles. The number of nitrogens with one attached hydrogen (secondary N) is 1. The molecule has 2 saturated heterocycles. The summed E-state index contributed by atoms with van der Waals surface area (Å²) in [5.41, 5.74) is 0.112. The van der Waals surface area contributed by atoms with Gasteiger partial charge in [-0.15, -0.1) is 0 Å². The third-order valence-corrected chi connectivity index (χ3v) is 7.86. The molecule has 2 fully saturated rings. The number of halogens is 1. The Bertz CT molecular complexity index is 957. The largest absolute Gasteiger partial charge is 0.444 e. The summed E-state index contributed by atoms with van der Waals surface area (Å²) in [6.45, 7) is 5.35. The molecule has 0 aromatic heterocycles. The van der Waals surface area contributed by atoms with Gasteiger partial charge in [0, 0.05) is 28.9 Å². The molecule has 11 heteroatoms. The molecule has 1 aromatic rings. The zero-order valence-corrected chi connectivity index (χ0v) is 19.3. The Kier molecular flexibility index (Phi) is 6.69. The first-order valence-electron chi connectivity index (χ1n) is 9.44. The highest BCUT2D eigenvalue weighted by Gasteiger charge is 2.49. The van der Waals surface area contributed by atoms with Crippen LogP contribution >= 0.6 is 23.4 Å². The van der Waals surface area contributed by atoms with Gasteiger partial charge in [-0.2, -0.15) is 4.99 Å². The lowest BCUT2D eigenvalue weighted by atomic mass is 10.2. The molecular weight excluding hydrogens is 450 g/mol. The molecular formula is C19H24ClN3O5S2. The maximum absolute atomic E-state index is 12.4. The Hall–Kier alpha value is -1.78. The van der Waals surface area contributed by atoms with Crippen LogP contribution in [0.4, 0.5) is 10.5 Å². The number of fused-ring (bicyclic) bond motifs is 1. The highest BCUT2D eigenvalue weighted by atomic mass is 35.5. The van der Waals surface area contributed by atoms with Crippen LogP contribution in [0.15, 0.2) is 29.3 Å². The van der Waals surface area contributed by atoms with Gasteiger partial charge in [-0.3, -0.25) is 4.79 Å². The first kappa shape index (κ1) is 22.9. The molecule has 0 radical (unpaired) electrons. The number of thioether (sulfide) groups is 1. The summed E-state index contributed by atoms with van der Waals surface area (Å²) >= 11 is 7.27. The van der Waals surface area contributed by atoms with Gasteiger partial charge in [0.15, 0.2) is 15.0 Å². The standard InChI is InChI=1S/C19H24ClN3O5S2/c1-19(2,3)28-18(25)21-9-8-16(24)22-17-23(13-6-4-12(20)5-7-13)14-10-30(26,27)11-15(14)29-17/h4-7,14-15H,8-11H2,1-3H3,(H,21,25)/t14-,15-/m1/s1.